The highest BCUT2D eigenvalue weighted by Crippen LogP contribution is 2.18. The number of nitro groups is 1. The van der Waals surface area contributed by atoms with E-state index in [2.05, 4.69) is 5.32 Å². The van der Waals surface area contributed by atoms with Gasteiger partial charge in [-0.05, 0) is 36.4 Å². The van der Waals surface area contributed by atoms with Crippen molar-refractivity contribution < 1.29 is 19.2 Å². The van der Waals surface area contributed by atoms with Gasteiger partial charge in [-0.25, -0.2) is 0 Å². The highest BCUT2D eigenvalue weighted by Gasteiger charge is 2.10. The molecule has 0 aliphatic rings. The molecule has 0 bridgehead atoms. The summed E-state index contributed by atoms with van der Waals surface area (Å²) in [5, 5.41) is 13.3. The van der Waals surface area contributed by atoms with Gasteiger partial charge in [0.2, 0.25) is 0 Å². The van der Waals surface area contributed by atoms with E-state index in [1.165, 1.54) is 24.3 Å². The molecule has 0 unspecified atom stereocenters. The molecular formula is C21H16N2O5. The van der Waals surface area contributed by atoms with E-state index in [4.69, 9.17) is 4.74 Å². The third-order valence-corrected chi connectivity index (χ3v) is 3.92. The van der Waals surface area contributed by atoms with Crippen LogP contribution in [-0.2, 0) is 0 Å². The molecule has 0 radical (unpaired) electrons. The first-order chi connectivity index (χ1) is 13.5. The van der Waals surface area contributed by atoms with Crippen LogP contribution in [0.4, 0.5) is 11.4 Å². The molecule has 3 aromatic rings. The Balaban J connectivity index is 1.56. The molecule has 140 valence electrons. The van der Waals surface area contributed by atoms with Crippen LogP contribution in [0.15, 0.2) is 78.9 Å². The predicted molar refractivity (Wildman–Crippen MR) is 104 cm³/mol. The summed E-state index contributed by atoms with van der Waals surface area (Å²) in [5.74, 6) is -0.0170. The van der Waals surface area contributed by atoms with Crippen molar-refractivity contribution in [2.45, 2.75) is 0 Å². The first-order valence-corrected chi connectivity index (χ1v) is 8.40. The van der Waals surface area contributed by atoms with Crippen molar-refractivity contribution >= 4 is 23.1 Å². The highest BCUT2D eigenvalue weighted by molar-refractivity contribution is 6.04. The second kappa shape index (κ2) is 8.59. The lowest BCUT2D eigenvalue weighted by Gasteiger charge is -2.08. The van der Waals surface area contributed by atoms with Crippen LogP contribution >= 0.6 is 0 Å². The molecule has 0 heterocycles. The molecule has 0 aromatic heterocycles. The van der Waals surface area contributed by atoms with Crippen LogP contribution in [-0.4, -0.2) is 23.2 Å². The maximum absolute atomic E-state index is 12.2. The van der Waals surface area contributed by atoms with Crippen LogP contribution < -0.4 is 10.1 Å². The summed E-state index contributed by atoms with van der Waals surface area (Å²) in [6.45, 7) is -0.0848. The van der Waals surface area contributed by atoms with Gasteiger partial charge in [-0.1, -0.05) is 30.3 Å². The molecule has 0 aliphatic heterocycles. The van der Waals surface area contributed by atoms with E-state index < -0.39 is 4.92 Å². The van der Waals surface area contributed by atoms with Gasteiger partial charge < -0.3 is 10.1 Å². The number of hydrogen-bond acceptors (Lipinski definition) is 5. The van der Waals surface area contributed by atoms with Gasteiger partial charge in [-0.2, -0.15) is 0 Å². The van der Waals surface area contributed by atoms with Crippen LogP contribution in [0.1, 0.15) is 20.7 Å². The van der Waals surface area contributed by atoms with Crippen LogP contribution in [0.2, 0.25) is 0 Å². The number of nitro benzene ring substituents is 1. The fraction of sp³-hybridized carbons (Fsp3) is 0.0476. The molecule has 0 fully saturated rings. The number of ether oxygens (including phenoxy) is 1. The van der Waals surface area contributed by atoms with Gasteiger partial charge in [0, 0.05) is 28.9 Å². The Labute approximate surface area is 160 Å². The molecule has 1 N–H and O–H groups in total. The fourth-order valence-corrected chi connectivity index (χ4v) is 2.43. The van der Waals surface area contributed by atoms with E-state index in [1.807, 2.05) is 6.07 Å². The minimum absolute atomic E-state index is 0.0805. The maximum Gasteiger partial charge on any atom is 0.269 e. The average Bonchev–Trinajstić information content (AvgIpc) is 2.73. The molecule has 0 spiro atoms. The van der Waals surface area contributed by atoms with E-state index in [0.29, 0.717) is 22.6 Å². The van der Waals surface area contributed by atoms with Crippen molar-refractivity contribution in [2.24, 2.45) is 0 Å². The SMILES string of the molecule is O=C(COc1ccc(NC(=O)c2ccc([N+](=O)[O-])cc2)cc1)c1ccccc1. The summed E-state index contributed by atoms with van der Waals surface area (Å²) in [7, 11) is 0. The van der Waals surface area contributed by atoms with Crippen LogP contribution in [0.3, 0.4) is 0 Å². The highest BCUT2D eigenvalue weighted by atomic mass is 16.6. The summed E-state index contributed by atoms with van der Waals surface area (Å²) < 4.78 is 5.48. The first-order valence-electron chi connectivity index (χ1n) is 8.40. The molecule has 3 rings (SSSR count). The topological polar surface area (TPSA) is 98.5 Å². The Hall–Kier alpha value is -4.00. The Morgan fingerprint density at radius 1 is 0.857 bits per heavy atom. The van der Waals surface area contributed by atoms with E-state index >= 15 is 0 Å². The summed E-state index contributed by atoms with van der Waals surface area (Å²) >= 11 is 0. The number of nitrogens with one attached hydrogen (secondary N) is 1. The van der Waals surface area contributed by atoms with Gasteiger partial charge in [0.1, 0.15) is 5.75 Å². The molecular weight excluding hydrogens is 360 g/mol. The van der Waals surface area contributed by atoms with Gasteiger partial charge in [0.05, 0.1) is 4.92 Å². The lowest BCUT2D eigenvalue weighted by atomic mass is 10.1. The molecule has 0 aliphatic carbocycles. The fourth-order valence-electron chi connectivity index (χ4n) is 2.43. The monoisotopic (exact) mass is 376 g/mol. The smallest absolute Gasteiger partial charge is 0.269 e. The summed E-state index contributed by atoms with van der Waals surface area (Å²) in [6, 6.07) is 20.8. The molecule has 0 saturated carbocycles. The zero-order valence-electron chi connectivity index (χ0n) is 14.7. The number of benzene rings is 3. The van der Waals surface area contributed by atoms with E-state index in [0.717, 1.165) is 0 Å². The molecule has 0 atom stereocenters. The lowest BCUT2D eigenvalue weighted by molar-refractivity contribution is -0.384. The minimum Gasteiger partial charge on any atom is -0.485 e. The van der Waals surface area contributed by atoms with Crippen LogP contribution in [0.5, 0.6) is 5.75 Å². The second-order valence-corrected chi connectivity index (χ2v) is 5.86. The zero-order chi connectivity index (χ0) is 19.9. The molecule has 3 aromatic carbocycles. The van der Waals surface area contributed by atoms with Crippen molar-refractivity contribution in [2.75, 3.05) is 11.9 Å². The van der Waals surface area contributed by atoms with Crippen LogP contribution in [0, 0.1) is 10.1 Å². The Kier molecular flexibility index (Phi) is 5.76. The number of hydrogen-bond donors (Lipinski definition) is 1. The van der Waals surface area contributed by atoms with Crippen molar-refractivity contribution in [3.05, 3.63) is 100 Å². The van der Waals surface area contributed by atoms with Gasteiger partial charge in [-0.15, -0.1) is 0 Å². The number of rotatable bonds is 7. The molecule has 7 nitrogen and oxygen atoms in total. The van der Waals surface area contributed by atoms with Crippen LogP contribution in [0.25, 0.3) is 0 Å². The summed E-state index contributed by atoms with van der Waals surface area (Å²) in [6.07, 6.45) is 0. The number of nitrogens with zero attached hydrogens (tertiary/aromatic N) is 1. The Morgan fingerprint density at radius 2 is 1.50 bits per heavy atom. The van der Waals surface area contributed by atoms with Crippen molar-refractivity contribution in [3.8, 4) is 5.75 Å². The average molecular weight is 376 g/mol. The minimum atomic E-state index is -0.525. The normalized spacial score (nSPS) is 10.1. The third-order valence-electron chi connectivity index (χ3n) is 3.92. The third kappa shape index (κ3) is 4.79. The molecule has 7 heteroatoms. The van der Waals surface area contributed by atoms with Gasteiger partial charge in [0.15, 0.2) is 12.4 Å². The lowest BCUT2D eigenvalue weighted by Crippen LogP contribution is -2.12. The molecule has 28 heavy (non-hydrogen) atoms. The van der Waals surface area contributed by atoms with E-state index in [-0.39, 0.29) is 24.0 Å². The van der Waals surface area contributed by atoms with Gasteiger partial charge in [0.25, 0.3) is 11.6 Å². The molecule has 0 saturated heterocycles. The second-order valence-electron chi connectivity index (χ2n) is 5.86. The number of amides is 1. The number of anilines is 1. The Morgan fingerprint density at radius 3 is 2.11 bits per heavy atom. The quantitative estimate of drug-likeness (QED) is 0.380. The van der Waals surface area contributed by atoms with E-state index in [9.17, 15) is 19.7 Å². The van der Waals surface area contributed by atoms with Gasteiger partial charge in [-0.3, -0.25) is 19.7 Å². The standard InChI is InChI=1S/C21H16N2O5/c24-20(15-4-2-1-3-5-15)14-28-19-12-8-17(9-13-19)22-21(25)16-6-10-18(11-7-16)23(26)27/h1-13H,14H2,(H,22,25). The number of non-ortho nitro benzene ring substituents is 1. The first kappa shape index (κ1) is 18.8. The number of carbonyl (C=O) groups is 2. The zero-order valence-corrected chi connectivity index (χ0v) is 14.7. The Bertz CT molecular complexity index is 984. The van der Waals surface area contributed by atoms with E-state index in [1.54, 1.807) is 48.5 Å². The predicted octanol–water partition coefficient (Wildman–Crippen LogP) is 4.11. The molecule has 1 amide bonds. The maximum atomic E-state index is 12.2. The van der Waals surface area contributed by atoms with Gasteiger partial charge >= 0.3 is 0 Å². The summed E-state index contributed by atoms with van der Waals surface area (Å²) in [5.41, 5.74) is 1.34. The number of Topliss-reactive ketones (excluding diaryl/α,β-unsaturated/α-hetero) is 1. The number of carbonyl (C=O) groups excluding carboxylic acids is 2. The largest absolute Gasteiger partial charge is 0.485 e. The van der Waals surface area contributed by atoms with Crippen molar-refractivity contribution in [1.29, 1.82) is 0 Å². The van der Waals surface area contributed by atoms with Crippen molar-refractivity contribution in [1.82, 2.24) is 0 Å². The summed E-state index contributed by atoms with van der Waals surface area (Å²) in [4.78, 5) is 34.4. The number of ketones is 1. The van der Waals surface area contributed by atoms with Crippen molar-refractivity contribution in [3.63, 3.8) is 0 Å².